The number of ether oxygens (including phenoxy) is 2. The summed E-state index contributed by atoms with van der Waals surface area (Å²) < 4.78 is 12.2. The van der Waals surface area contributed by atoms with Crippen LogP contribution in [0.1, 0.15) is 78.1 Å². The van der Waals surface area contributed by atoms with Crippen LogP contribution in [0, 0.1) is 0 Å². The average molecular weight is 383 g/mol. The topological polar surface area (TPSA) is 18.5 Å². The molecule has 0 saturated heterocycles. The highest BCUT2D eigenvalue weighted by atomic mass is 16.5. The predicted octanol–water partition coefficient (Wildman–Crippen LogP) is 8.05. The van der Waals surface area contributed by atoms with Crippen molar-refractivity contribution in [1.29, 1.82) is 0 Å². The highest BCUT2D eigenvalue weighted by molar-refractivity contribution is 5.75. The van der Waals surface area contributed by atoms with E-state index in [-0.39, 0.29) is 0 Å². The maximum absolute atomic E-state index is 6.16. The summed E-state index contributed by atoms with van der Waals surface area (Å²) in [5, 5.41) is 0. The zero-order valence-electron chi connectivity index (χ0n) is 17.9. The Morgan fingerprint density at radius 3 is 1.46 bits per heavy atom. The second-order valence-electron chi connectivity index (χ2n) is 7.52. The van der Waals surface area contributed by atoms with Crippen molar-refractivity contribution in [2.24, 2.45) is 0 Å². The van der Waals surface area contributed by atoms with Gasteiger partial charge in [0.25, 0.3) is 0 Å². The lowest BCUT2D eigenvalue weighted by Gasteiger charge is -2.15. The first-order chi connectivity index (χ1) is 13.9. The van der Waals surface area contributed by atoms with Crippen molar-refractivity contribution in [3.63, 3.8) is 0 Å². The van der Waals surface area contributed by atoms with Crippen molar-refractivity contribution in [3.05, 3.63) is 48.5 Å². The number of para-hydroxylation sites is 2. The Morgan fingerprint density at radius 1 is 0.500 bits per heavy atom. The molecule has 2 nitrogen and oxygen atoms in total. The lowest BCUT2D eigenvalue weighted by atomic mass is 10.0. The van der Waals surface area contributed by atoms with Crippen LogP contribution < -0.4 is 9.47 Å². The second kappa shape index (κ2) is 14.1. The summed E-state index contributed by atoms with van der Waals surface area (Å²) >= 11 is 0. The van der Waals surface area contributed by atoms with E-state index >= 15 is 0 Å². The highest BCUT2D eigenvalue weighted by Crippen LogP contribution is 2.36. The number of hydrogen-bond acceptors (Lipinski definition) is 2. The molecule has 0 heterocycles. The fraction of sp³-hybridized carbons (Fsp3) is 0.538. The molecule has 28 heavy (non-hydrogen) atoms. The third-order valence-electron chi connectivity index (χ3n) is 5.08. The first-order valence-electron chi connectivity index (χ1n) is 11.3. The van der Waals surface area contributed by atoms with E-state index in [0.717, 1.165) is 55.1 Å². The van der Waals surface area contributed by atoms with Gasteiger partial charge in [0, 0.05) is 11.1 Å². The quantitative estimate of drug-likeness (QED) is 0.290. The summed E-state index contributed by atoms with van der Waals surface area (Å²) in [5.74, 6) is 1.90. The van der Waals surface area contributed by atoms with Crippen LogP contribution in [-0.4, -0.2) is 13.2 Å². The van der Waals surface area contributed by atoms with Crippen molar-refractivity contribution in [2.45, 2.75) is 78.1 Å². The van der Waals surface area contributed by atoms with Gasteiger partial charge in [0.15, 0.2) is 0 Å². The van der Waals surface area contributed by atoms with Gasteiger partial charge in [-0.2, -0.15) is 0 Å². The van der Waals surface area contributed by atoms with Gasteiger partial charge in [0.1, 0.15) is 11.5 Å². The number of rotatable bonds is 15. The number of benzene rings is 2. The minimum absolute atomic E-state index is 0.759. The van der Waals surface area contributed by atoms with Crippen LogP contribution in [0.2, 0.25) is 0 Å². The maximum Gasteiger partial charge on any atom is 0.127 e. The molecule has 0 aliphatic carbocycles. The number of hydrogen-bond donors (Lipinski definition) is 0. The van der Waals surface area contributed by atoms with Gasteiger partial charge in [0.2, 0.25) is 0 Å². The minimum Gasteiger partial charge on any atom is -0.493 e. The fourth-order valence-corrected chi connectivity index (χ4v) is 3.37. The Labute approximate surface area is 172 Å². The molecule has 0 aromatic heterocycles. The van der Waals surface area contributed by atoms with Crippen LogP contribution in [0.25, 0.3) is 11.1 Å². The molecular formula is C26H38O2. The van der Waals surface area contributed by atoms with Crippen molar-refractivity contribution in [2.75, 3.05) is 13.2 Å². The van der Waals surface area contributed by atoms with Crippen LogP contribution in [0.15, 0.2) is 48.5 Å². The van der Waals surface area contributed by atoms with Crippen LogP contribution in [-0.2, 0) is 0 Å². The Balaban J connectivity index is 1.86. The van der Waals surface area contributed by atoms with Crippen molar-refractivity contribution in [3.8, 4) is 22.6 Å². The van der Waals surface area contributed by atoms with E-state index in [2.05, 4.69) is 50.2 Å². The van der Waals surface area contributed by atoms with Crippen LogP contribution >= 0.6 is 0 Å². The van der Waals surface area contributed by atoms with E-state index in [9.17, 15) is 0 Å². The zero-order chi connectivity index (χ0) is 19.9. The molecule has 0 aliphatic heterocycles. The molecule has 2 rings (SSSR count). The molecule has 2 heteroatoms. The van der Waals surface area contributed by atoms with E-state index in [1.54, 1.807) is 0 Å². The summed E-state index contributed by atoms with van der Waals surface area (Å²) in [5.41, 5.74) is 2.24. The highest BCUT2D eigenvalue weighted by Gasteiger charge is 2.11. The van der Waals surface area contributed by atoms with Gasteiger partial charge >= 0.3 is 0 Å². The summed E-state index contributed by atoms with van der Waals surface area (Å²) in [6.07, 6.45) is 12.7. The van der Waals surface area contributed by atoms with Crippen molar-refractivity contribution >= 4 is 0 Å². The molecule has 154 valence electrons. The molecule has 0 aliphatic rings. The molecule has 0 N–H and O–H groups in total. The summed E-state index contributed by atoms with van der Waals surface area (Å²) in [4.78, 5) is 0. The normalized spacial score (nSPS) is 10.8. The summed E-state index contributed by atoms with van der Waals surface area (Å²) in [7, 11) is 0. The molecule has 0 fully saturated rings. The minimum atomic E-state index is 0.759. The molecule has 2 aromatic carbocycles. The van der Waals surface area contributed by atoms with Crippen molar-refractivity contribution < 1.29 is 9.47 Å². The first kappa shape index (κ1) is 22.3. The first-order valence-corrected chi connectivity index (χ1v) is 11.3. The van der Waals surface area contributed by atoms with Gasteiger partial charge in [-0.25, -0.2) is 0 Å². The van der Waals surface area contributed by atoms with E-state index in [1.807, 2.05) is 12.1 Å². The van der Waals surface area contributed by atoms with E-state index in [0.29, 0.717) is 0 Å². The third-order valence-corrected chi connectivity index (χ3v) is 5.08. The summed E-state index contributed by atoms with van der Waals surface area (Å²) in [6, 6.07) is 16.6. The lowest BCUT2D eigenvalue weighted by molar-refractivity contribution is 0.303. The Kier molecular flexibility index (Phi) is 11.2. The van der Waals surface area contributed by atoms with Crippen LogP contribution in [0.5, 0.6) is 11.5 Å². The monoisotopic (exact) mass is 382 g/mol. The van der Waals surface area contributed by atoms with Gasteiger partial charge < -0.3 is 9.47 Å². The van der Waals surface area contributed by atoms with E-state index in [4.69, 9.17) is 9.47 Å². The molecule has 2 aromatic rings. The second-order valence-corrected chi connectivity index (χ2v) is 7.52. The van der Waals surface area contributed by atoms with Gasteiger partial charge in [-0.05, 0) is 25.0 Å². The molecule has 0 amide bonds. The standard InChI is InChI=1S/C26H38O2/c1-3-5-7-8-9-10-11-16-22-28-26-20-15-13-18-24(26)23-17-12-14-19-25(23)27-21-6-4-2/h12-15,17-20H,3-11,16,21-22H2,1-2H3. The number of unbranched alkanes of at least 4 members (excludes halogenated alkanes) is 8. The summed E-state index contributed by atoms with van der Waals surface area (Å²) in [6.45, 7) is 5.99. The van der Waals surface area contributed by atoms with Crippen molar-refractivity contribution in [1.82, 2.24) is 0 Å². The Bertz CT molecular complexity index is 650. The molecule has 0 saturated carbocycles. The smallest absolute Gasteiger partial charge is 0.127 e. The lowest BCUT2D eigenvalue weighted by Crippen LogP contribution is -2.01. The largest absolute Gasteiger partial charge is 0.493 e. The zero-order valence-corrected chi connectivity index (χ0v) is 17.9. The van der Waals surface area contributed by atoms with Gasteiger partial charge in [-0.1, -0.05) is 102 Å². The van der Waals surface area contributed by atoms with E-state index < -0.39 is 0 Å². The van der Waals surface area contributed by atoms with Crippen LogP contribution in [0.3, 0.4) is 0 Å². The van der Waals surface area contributed by atoms with Gasteiger partial charge in [0.05, 0.1) is 13.2 Å². The van der Waals surface area contributed by atoms with Gasteiger partial charge in [-0.3, -0.25) is 0 Å². The van der Waals surface area contributed by atoms with Gasteiger partial charge in [-0.15, -0.1) is 0 Å². The molecular weight excluding hydrogens is 344 g/mol. The third kappa shape index (κ3) is 7.96. The Hall–Kier alpha value is -1.96. The fourth-order valence-electron chi connectivity index (χ4n) is 3.37. The molecule has 0 radical (unpaired) electrons. The SMILES string of the molecule is CCCCCCCCCCOc1ccccc1-c1ccccc1OCCCC. The average Bonchev–Trinajstić information content (AvgIpc) is 2.73. The molecule has 0 bridgehead atoms. The maximum atomic E-state index is 6.16. The Morgan fingerprint density at radius 2 is 0.929 bits per heavy atom. The molecule has 0 spiro atoms. The predicted molar refractivity (Wildman–Crippen MR) is 120 cm³/mol. The molecule has 0 atom stereocenters. The van der Waals surface area contributed by atoms with Crippen LogP contribution in [0.4, 0.5) is 0 Å². The molecule has 0 unspecified atom stereocenters. The van der Waals surface area contributed by atoms with E-state index in [1.165, 1.54) is 44.9 Å².